The topological polar surface area (TPSA) is 46.1 Å². The molecule has 1 aromatic heterocycles. The zero-order valence-electron chi connectivity index (χ0n) is 13.6. The molecular weight excluding hydrogens is 310 g/mol. The molecule has 124 valence electrons. The van der Waals surface area contributed by atoms with Crippen LogP contribution >= 0.6 is 12.4 Å². The summed E-state index contributed by atoms with van der Waals surface area (Å²) in [5.41, 5.74) is 4.19. The molecule has 0 aliphatic carbocycles. The SMILES string of the molecule is Cc1cc(C(=O)NCC2CNC2)c(C)n1Cc1ccccc1.Cl. The smallest absolute Gasteiger partial charge is 0.253 e. The first-order chi connectivity index (χ1) is 10.6. The molecule has 1 aliphatic heterocycles. The van der Waals surface area contributed by atoms with Gasteiger partial charge in [-0.25, -0.2) is 0 Å². The van der Waals surface area contributed by atoms with Crippen LogP contribution in [0.2, 0.25) is 0 Å². The number of carbonyl (C=O) groups excluding carboxylic acids is 1. The van der Waals surface area contributed by atoms with E-state index in [0.717, 1.165) is 43.1 Å². The Kier molecular flexibility index (Phi) is 5.85. The van der Waals surface area contributed by atoms with Gasteiger partial charge in [0, 0.05) is 43.5 Å². The van der Waals surface area contributed by atoms with E-state index < -0.39 is 0 Å². The first kappa shape index (κ1) is 17.6. The number of rotatable bonds is 5. The minimum atomic E-state index is 0. The van der Waals surface area contributed by atoms with E-state index in [1.807, 2.05) is 31.2 Å². The largest absolute Gasteiger partial charge is 0.352 e. The zero-order valence-corrected chi connectivity index (χ0v) is 14.5. The van der Waals surface area contributed by atoms with Crippen LogP contribution in [0.4, 0.5) is 0 Å². The summed E-state index contributed by atoms with van der Waals surface area (Å²) in [4.78, 5) is 12.4. The standard InChI is InChI=1S/C18H23N3O.ClH/c1-13-8-17(18(22)20-11-16-9-19-10-16)14(2)21(13)12-15-6-4-3-5-7-15;/h3-8,16,19H,9-12H2,1-2H3,(H,20,22);1H. The summed E-state index contributed by atoms with van der Waals surface area (Å²) in [6.07, 6.45) is 0. The van der Waals surface area contributed by atoms with Crippen LogP contribution in [0.15, 0.2) is 36.4 Å². The summed E-state index contributed by atoms with van der Waals surface area (Å²) in [6.45, 7) is 7.66. The van der Waals surface area contributed by atoms with E-state index in [1.165, 1.54) is 5.56 Å². The van der Waals surface area contributed by atoms with Crippen molar-refractivity contribution in [3.8, 4) is 0 Å². The Bertz CT molecular complexity index is 662. The summed E-state index contributed by atoms with van der Waals surface area (Å²) >= 11 is 0. The van der Waals surface area contributed by atoms with Crippen LogP contribution in [-0.4, -0.2) is 30.1 Å². The lowest BCUT2D eigenvalue weighted by molar-refractivity contribution is 0.0941. The second-order valence-electron chi connectivity index (χ2n) is 6.09. The quantitative estimate of drug-likeness (QED) is 0.883. The van der Waals surface area contributed by atoms with Crippen LogP contribution < -0.4 is 10.6 Å². The molecule has 0 unspecified atom stereocenters. The van der Waals surface area contributed by atoms with Crippen molar-refractivity contribution in [2.24, 2.45) is 5.92 Å². The van der Waals surface area contributed by atoms with Gasteiger partial charge in [-0.05, 0) is 25.5 Å². The van der Waals surface area contributed by atoms with Crippen LogP contribution in [0, 0.1) is 19.8 Å². The molecule has 2 N–H and O–H groups in total. The first-order valence-corrected chi connectivity index (χ1v) is 7.84. The molecular formula is C18H24ClN3O. The second-order valence-corrected chi connectivity index (χ2v) is 6.09. The van der Waals surface area contributed by atoms with Crippen molar-refractivity contribution in [2.45, 2.75) is 20.4 Å². The Morgan fingerprint density at radius 2 is 1.96 bits per heavy atom. The molecule has 1 aliphatic rings. The molecule has 0 radical (unpaired) electrons. The zero-order chi connectivity index (χ0) is 15.5. The van der Waals surface area contributed by atoms with Gasteiger partial charge in [-0.3, -0.25) is 4.79 Å². The van der Waals surface area contributed by atoms with Gasteiger partial charge in [-0.1, -0.05) is 30.3 Å². The van der Waals surface area contributed by atoms with Crippen molar-refractivity contribution in [2.75, 3.05) is 19.6 Å². The fourth-order valence-corrected chi connectivity index (χ4v) is 2.87. The monoisotopic (exact) mass is 333 g/mol. The van der Waals surface area contributed by atoms with Crippen molar-refractivity contribution < 1.29 is 4.79 Å². The molecule has 23 heavy (non-hydrogen) atoms. The highest BCUT2D eigenvalue weighted by molar-refractivity contribution is 5.95. The van der Waals surface area contributed by atoms with Crippen molar-refractivity contribution in [1.82, 2.24) is 15.2 Å². The number of halogens is 1. The van der Waals surface area contributed by atoms with Gasteiger partial charge in [0.15, 0.2) is 0 Å². The maximum atomic E-state index is 12.4. The van der Waals surface area contributed by atoms with E-state index in [2.05, 4.69) is 34.3 Å². The lowest BCUT2D eigenvalue weighted by atomic mass is 10.0. The number of hydrogen-bond donors (Lipinski definition) is 2. The van der Waals surface area contributed by atoms with Crippen LogP contribution in [0.3, 0.4) is 0 Å². The van der Waals surface area contributed by atoms with Crippen LogP contribution in [0.5, 0.6) is 0 Å². The van der Waals surface area contributed by atoms with Gasteiger partial charge in [0.25, 0.3) is 5.91 Å². The highest BCUT2D eigenvalue weighted by atomic mass is 35.5. The lowest BCUT2D eigenvalue weighted by Crippen LogP contribution is -2.48. The first-order valence-electron chi connectivity index (χ1n) is 7.84. The van der Waals surface area contributed by atoms with E-state index >= 15 is 0 Å². The Hall–Kier alpha value is -1.78. The maximum Gasteiger partial charge on any atom is 0.253 e. The number of hydrogen-bond acceptors (Lipinski definition) is 2. The molecule has 0 bridgehead atoms. The Labute approximate surface area is 143 Å². The van der Waals surface area contributed by atoms with Gasteiger partial charge in [0.2, 0.25) is 0 Å². The molecule has 2 aromatic rings. The van der Waals surface area contributed by atoms with Crippen LogP contribution in [-0.2, 0) is 6.54 Å². The van der Waals surface area contributed by atoms with E-state index in [4.69, 9.17) is 0 Å². The number of aryl methyl sites for hydroxylation is 1. The van der Waals surface area contributed by atoms with Gasteiger partial charge in [-0.2, -0.15) is 0 Å². The van der Waals surface area contributed by atoms with Crippen LogP contribution in [0.1, 0.15) is 27.3 Å². The minimum Gasteiger partial charge on any atom is -0.352 e. The van der Waals surface area contributed by atoms with Gasteiger partial charge in [-0.15, -0.1) is 12.4 Å². The summed E-state index contributed by atoms with van der Waals surface area (Å²) in [7, 11) is 0. The third-order valence-electron chi connectivity index (χ3n) is 4.42. The highest BCUT2D eigenvalue weighted by Gasteiger charge is 2.20. The normalized spacial score (nSPS) is 14.0. The second kappa shape index (κ2) is 7.66. The van der Waals surface area contributed by atoms with E-state index in [-0.39, 0.29) is 18.3 Å². The molecule has 2 heterocycles. The molecule has 1 aromatic carbocycles. The number of aromatic nitrogens is 1. The average Bonchev–Trinajstić information content (AvgIpc) is 2.75. The van der Waals surface area contributed by atoms with E-state index in [0.29, 0.717) is 5.92 Å². The molecule has 4 nitrogen and oxygen atoms in total. The lowest BCUT2D eigenvalue weighted by Gasteiger charge is -2.27. The van der Waals surface area contributed by atoms with Gasteiger partial charge in [0.05, 0.1) is 5.56 Å². The molecule has 0 saturated carbocycles. The third kappa shape index (κ3) is 3.95. The summed E-state index contributed by atoms with van der Waals surface area (Å²) in [6, 6.07) is 12.3. The van der Waals surface area contributed by atoms with Gasteiger partial charge >= 0.3 is 0 Å². The van der Waals surface area contributed by atoms with E-state index in [9.17, 15) is 4.79 Å². The molecule has 0 atom stereocenters. The maximum absolute atomic E-state index is 12.4. The van der Waals surface area contributed by atoms with Crippen molar-refractivity contribution in [3.63, 3.8) is 0 Å². The molecule has 5 heteroatoms. The van der Waals surface area contributed by atoms with Crippen molar-refractivity contribution in [1.29, 1.82) is 0 Å². The fourth-order valence-electron chi connectivity index (χ4n) is 2.87. The molecule has 1 saturated heterocycles. The molecule has 1 fully saturated rings. The Morgan fingerprint density at radius 3 is 2.57 bits per heavy atom. The highest BCUT2D eigenvalue weighted by Crippen LogP contribution is 2.17. The minimum absolute atomic E-state index is 0. The number of benzene rings is 1. The van der Waals surface area contributed by atoms with Gasteiger partial charge in [0.1, 0.15) is 0 Å². The van der Waals surface area contributed by atoms with Crippen molar-refractivity contribution in [3.05, 3.63) is 58.9 Å². The Balaban J connectivity index is 0.00000192. The number of amides is 1. The number of nitrogens with zero attached hydrogens (tertiary/aromatic N) is 1. The summed E-state index contributed by atoms with van der Waals surface area (Å²) in [5, 5.41) is 6.28. The fraction of sp³-hybridized carbons (Fsp3) is 0.389. The average molecular weight is 334 g/mol. The molecule has 1 amide bonds. The number of nitrogens with one attached hydrogen (secondary N) is 2. The molecule has 0 spiro atoms. The summed E-state index contributed by atoms with van der Waals surface area (Å²) in [5.74, 6) is 0.621. The third-order valence-corrected chi connectivity index (χ3v) is 4.42. The van der Waals surface area contributed by atoms with E-state index in [1.54, 1.807) is 0 Å². The predicted octanol–water partition coefficient (Wildman–Crippen LogP) is 2.52. The number of carbonyl (C=O) groups is 1. The molecule has 3 rings (SSSR count). The predicted molar refractivity (Wildman–Crippen MR) is 95.4 cm³/mol. The summed E-state index contributed by atoms with van der Waals surface area (Å²) < 4.78 is 2.20. The Morgan fingerprint density at radius 1 is 1.26 bits per heavy atom. The van der Waals surface area contributed by atoms with Crippen LogP contribution in [0.25, 0.3) is 0 Å². The van der Waals surface area contributed by atoms with Crippen molar-refractivity contribution >= 4 is 18.3 Å². The van der Waals surface area contributed by atoms with Gasteiger partial charge < -0.3 is 15.2 Å².